The fourth-order valence-electron chi connectivity index (χ4n) is 5.59. The number of nitrogens with one attached hydrogen (secondary N) is 1. The standard InChI is InChI=1S/C27H29N7O3S/c1-17-25(33(3)32-31-17)20-15-22-24(29-16-20)21-9-10-23(38(35,36)28-2)30-27(21)34(22)26(18-7-5-4-6-8-18)19-11-13-37-14-12-19/h4-10,15-16,19,26,28H,11-14H2,1-3H3/t26-/m1/s1. The van der Waals surface area contributed by atoms with Crippen LogP contribution in [-0.4, -0.2) is 58.2 Å². The summed E-state index contributed by atoms with van der Waals surface area (Å²) in [5.74, 6) is 0.264. The lowest BCUT2D eigenvalue weighted by Gasteiger charge is -2.32. The maximum Gasteiger partial charge on any atom is 0.257 e. The molecule has 5 heterocycles. The molecule has 1 aliphatic heterocycles. The Morgan fingerprint density at radius 1 is 1.11 bits per heavy atom. The molecule has 1 N–H and O–H groups in total. The highest BCUT2D eigenvalue weighted by Crippen LogP contribution is 2.40. The molecule has 0 radical (unpaired) electrons. The monoisotopic (exact) mass is 531 g/mol. The fourth-order valence-corrected chi connectivity index (χ4v) is 6.26. The van der Waals surface area contributed by atoms with Crippen LogP contribution in [0, 0.1) is 12.8 Å². The predicted octanol–water partition coefficient (Wildman–Crippen LogP) is 3.61. The highest BCUT2D eigenvalue weighted by Gasteiger charge is 2.31. The van der Waals surface area contributed by atoms with Crippen molar-refractivity contribution in [2.24, 2.45) is 13.0 Å². The molecule has 1 fully saturated rings. The Morgan fingerprint density at radius 3 is 2.55 bits per heavy atom. The molecule has 4 aromatic heterocycles. The van der Waals surface area contributed by atoms with Gasteiger partial charge in [-0.05, 0) is 56.5 Å². The van der Waals surface area contributed by atoms with Crippen LogP contribution in [0.1, 0.15) is 30.1 Å². The van der Waals surface area contributed by atoms with Crippen LogP contribution in [0.5, 0.6) is 0 Å². The lowest BCUT2D eigenvalue weighted by atomic mass is 9.86. The van der Waals surface area contributed by atoms with Gasteiger partial charge in [-0.25, -0.2) is 22.8 Å². The average molecular weight is 532 g/mol. The topological polar surface area (TPSA) is 117 Å². The maximum absolute atomic E-state index is 12.8. The molecule has 1 aliphatic rings. The van der Waals surface area contributed by atoms with Gasteiger partial charge in [0.05, 0.1) is 28.5 Å². The molecule has 6 rings (SSSR count). The van der Waals surface area contributed by atoms with Crippen molar-refractivity contribution in [1.82, 2.24) is 34.3 Å². The number of fused-ring (bicyclic) bond motifs is 3. The summed E-state index contributed by atoms with van der Waals surface area (Å²) in [6.07, 6.45) is 3.59. The second-order valence-corrected chi connectivity index (χ2v) is 11.5. The van der Waals surface area contributed by atoms with Crippen molar-refractivity contribution in [3.63, 3.8) is 0 Å². The molecule has 0 bridgehead atoms. The number of aryl methyl sites for hydroxylation is 2. The van der Waals surface area contributed by atoms with Gasteiger partial charge in [-0.2, -0.15) is 0 Å². The Hall–Kier alpha value is -3.67. The number of hydrogen-bond acceptors (Lipinski definition) is 7. The molecule has 1 aromatic carbocycles. The largest absolute Gasteiger partial charge is 0.381 e. The first-order valence-corrected chi connectivity index (χ1v) is 14.1. The van der Waals surface area contributed by atoms with E-state index in [1.54, 1.807) is 10.7 Å². The summed E-state index contributed by atoms with van der Waals surface area (Å²) in [4.78, 5) is 9.62. The first kappa shape index (κ1) is 24.7. The van der Waals surface area contributed by atoms with Gasteiger partial charge in [0, 0.05) is 37.4 Å². The molecule has 0 spiro atoms. The van der Waals surface area contributed by atoms with Crippen LogP contribution in [0.4, 0.5) is 0 Å². The molecule has 0 unspecified atom stereocenters. The highest BCUT2D eigenvalue weighted by atomic mass is 32.2. The summed E-state index contributed by atoms with van der Waals surface area (Å²) >= 11 is 0. The Morgan fingerprint density at radius 2 is 1.87 bits per heavy atom. The molecular formula is C27H29N7O3S. The highest BCUT2D eigenvalue weighted by molar-refractivity contribution is 7.89. The number of aromatic nitrogens is 6. The predicted molar refractivity (Wildman–Crippen MR) is 144 cm³/mol. The fraction of sp³-hybridized carbons (Fsp3) is 0.333. The van der Waals surface area contributed by atoms with Crippen LogP contribution in [0.2, 0.25) is 0 Å². The number of nitrogens with zero attached hydrogens (tertiary/aromatic N) is 6. The molecular weight excluding hydrogens is 502 g/mol. The number of benzene rings is 1. The molecule has 38 heavy (non-hydrogen) atoms. The molecule has 1 atom stereocenters. The minimum absolute atomic E-state index is 0.0257. The van der Waals surface area contributed by atoms with E-state index in [0.717, 1.165) is 51.8 Å². The summed E-state index contributed by atoms with van der Waals surface area (Å²) in [7, 11) is -0.495. The first-order chi connectivity index (χ1) is 18.4. The minimum atomic E-state index is -3.75. The smallest absolute Gasteiger partial charge is 0.257 e. The summed E-state index contributed by atoms with van der Waals surface area (Å²) in [6.45, 7) is 3.29. The van der Waals surface area contributed by atoms with Gasteiger partial charge in [0.1, 0.15) is 5.65 Å². The van der Waals surface area contributed by atoms with Crippen LogP contribution < -0.4 is 4.72 Å². The van der Waals surface area contributed by atoms with E-state index in [4.69, 9.17) is 14.7 Å². The first-order valence-electron chi connectivity index (χ1n) is 12.6. The molecule has 0 aliphatic carbocycles. The SMILES string of the molecule is CNS(=O)(=O)c1ccc2c3ncc(-c4c(C)nnn4C)cc3n([C@H](c3ccccc3)C3CCOCC3)c2n1. The quantitative estimate of drug-likeness (QED) is 0.356. The summed E-state index contributed by atoms with van der Waals surface area (Å²) in [5.41, 5.74) is 5.93. The number of ether oxygens (including phenoxy) is 1. The van der Waals surface area contributed by atoms with Gasteiger partial charge in [-0.1, -0.05) is 35.5 Å². The maximum atomic E-state index is 12.8. The average Bonchev–Trinajstić information content (AvgIpc) is 3.45. The number of hydrogen-bond donors (Lipinski definition) is 1. The lowest BCUT2D eigenvalue weighted by Crippen LogP contribution is -2.27. The second kappa shape index (κ2) is 9.57. The van der Waals surface area contributed by atoms with Crippen molar-refractivity contribution in [1.29, 1.82) is 0 Å². The van der Waals surface area contributed by atoms with E-state index >= 15 is 0 Å². The van der Waals surface area contributed by atoms with Crippen molar-refractivity contribution in [2.45, 2.75) is 30.8 Å². The van der Waals surface area contributed by atoms with E-state index in [0.29, 0.717) is 18.9 Å². The zero-order valence-corrected chi connectivity index (χ0v) is 22.3. The third kappa shape index (κ3) is 4.07. The second-order valence-electron chi connectivity index (χ2n) is 9.64. The van der Waals surface area contributed by atoms with E-state index in [1.807, 2.05) is 38.4 Å². The Labute approximate surface area is 220 Å². The zero-order chi connectivity index (χ0) is 26.4. The molecule has 10 nitrogen and oxygen atoms in total. The number of rotatable bonds is 6. The van der Waals surface area contributed by atoms with E-state index in [-0.39, 0.29) is 17.0 Å². The van der Waals surface area contributed by atoms with Crippen molar-refractivity contribution in [2.75, 3.05) is 20.3 Å². The Kier molecular flexibility index (Phi) is 6.21. The van der Waals surface area contributed by atoms with Crippen molar-refractivity contribution >= 4 is 32.1 Å². The van der Waals surface area contributed by atoms with Gasteiger partial charge < -0.3 is 9.30 Å². The summed E-state index contributed by atoms with van der Waals surface area (Å²) in [6, 6.07) is 15.7. The molecule has 5 aromatic rings. The molecule has 0 saturated carbocycles. The zero-order valence-electron chi connectivity index (χ0n) is 21.5. The van der Waals surface area contributed by atoms with E-state index in [2.05, 4.69) is 37.8 Å². The number of sulfonamides is 1. The Balaban J connectivity index is 1.70. The van der Waals surface area contributed by atoms with Crippen LogP contribution in [0.25, 0.3) is 33.3 Å². The van der Waals surface area contributed by atoms with Crippen molar-refractivity contribution in [3.8, 4) is 11.3 Å². The van der Waals surface area contributed by atoms with E-state index < -0.39 is 10.0 Å². The van der Waals surface area contributed by atoms with Gasteiger partial charge in [0.2, 0.25) is 0 Å². The van der Waals surface area contributed by atoms with E-state index in [1.165, 1.54) is 13.1 Å². The van der Waals surface area contributed by atoms with E-state index in [9.17, 15) is 8.42 Å². The Bertz CT molecular complexity index is 1720. The normalized spacial score (nSPS) is 15.9. The van der Waals surface area contributed by atoms with Gasteiger partial charge >= 0.3 is 0 Å². The van der Waals surface area contributed by atoms with Crippen LogP contribution in [-0.2, 0) is 21.8 Å². The molecule has 1 saturated heterocycles. The lowest BCUT2D eigenvalue weighted by molar-refractivity contribution is 0.0552. The van der Waals surface area contributed by atoms with Gasteiger partial charge in [0.25, 0.3) is 10.0 Å². The third-order valence-corrected chi connectivity index (χ3v) is 8.72. The van der Waals surface area contributed by atoms with Gasteiger partial charge in [-0.3, -0.25) is 4.98 Å². The van der Waals surface area contributed by atoms with Gasteiger partial charge in [-0.15, -0.1) is 5.10 Å². The van der Waals surface area contributed by atoms with Crippen LogP contribution in [0.3, 0.4) is 0 Å². The third-order valence-electron chi connectivity index (χ3n) is 7.40. The number of pyridine rings is 2. The summed E-state index contributed by atoms with van der Waals surface area (Å²) < 4.78 is 37.6. The van der Waals surface area contributed by atoms with Crippen LogP contribution >= 0.6 is 0 Å². The molecule has 196 valence electrons. The minimum Gasteiger partial charge on any atom is -0.381 e. The van der Waals surface area contributed by atoms with Crippen LogP contribution in [0.15, 0.2) is 59.8 Å². The van der Waals surface area contributed by atoms with Gasteiger partial charge in [0.15, 0.2) is 5.03 Å². The van der Waals surface area contributed by atoms with Crippen molar-refractivity contribution in [3.05, 3.63) is 66.0 Å². The summed E-state index contributed by atoms with van der Waals surface area (Å²) in [5, 5.41) is 9.17. The molecule has 11 heteroatoms. The van der Waals surface area contributed by atoms with Crippen molar-refractivity contribution < 1.29 is 13.2 Å². The molecule has 0 amide bonds.